The SMILES string of the molecule is CN(C)c1ccc(/C=C2\SC(=S)N(CCS(=O)(=O)[O-])C2=O)cc1. The van der Waals surface area contributed by atoms with Crippen LogP contribution < -0.4 is 4.90 Å². The van der Waals surface area contributed by atoms with Crippen molar-refractivity contribution in [2.24, 2.45) is 0 Å². The predicted octanol–water partition coefficient (Wildman–Crippen LogP) is 1.50. The molecule has 124 valence electrons. The number of amides is 1. The Kier molecular flexibility index (Phi) is 5.45. The average Bonchev–Trinajstić information content (AvgIpc) is 2.71. The van der Waals surface area contributed by atoms with E-state index in [1.807, 2.05) is 43.3 Å². The highest BCUT2D eigenvalue weighted by atomic mass is 32.2. The van der Waals surface area contributed by atoms with Crippen molar-refractivity contribution in [3.05, 3.63) is 34.7 Å². The van der Waals surface area contributed by atoms with Crippen LogP contribution in [0.4, 0.5) is 5.69 Å². The number of rotatable bonds is 5. The van der Waals surface area contributed by atoms with E-state index in [2.05, 4.69) is 0 Å². The molecule has 0 aromatic heterocycles. The maximum atomic E-state index is 12.3. The van der Waals surface area contributed by atoms with Crippen molar-refractivity contribution in [2.45, 2.75) is 0 Å². The summed E-state index contributed by atoms with van der Waals surface area (Å²) in [5.41, 5.74) is 1.88. The summed E-state index contributed by atoms with van der Waals surface area (Å²) in [7, 11) is -0.515. The second-order valence-corrected chi connectivity index (χ2v) is 8.28. The van der Waals surface area contributed by atoms with E-state index in [1.165, 1.54) is 0 Å². The molecule has 0 N–H and O–H groups in total. The molecule has 6 nitrogen and oxygen atoms in total. The van der Waals surface area contributed by atoms with Gasteiger partial charge in [-0.25, -0.2) is 8.42 Å². The van der Waals surface area contributed by atoms with Gasteiger partial charge in [-0.3, -0.25) is 9.69 Å². The van der Waals surface area contributed by atoms with Crippen molar-refractivity contribution in [3.8, 4) is 0 Å². The molecule has 0 atom stereocenters. The standard InChI is InChI=1S/C14H16N2O4S3/c1-15(2)11-5-3-10(4-6-11)9-12-13(17)16(14(21)22-12)7-8-23(18,19)20/h3-6,9H,7-8H2,1-2H3,(H,18,19,20)/p-1/b12-9-. The first-order chi connectivity index (χ1) is 10.7. The van der Waals surface area contributed by atoms with Crippen LogP contribution in [0.1, 0.15) is 5.56 Å². The van der Waals surface area contributed by atoms with Gasteiger partial charge in [-0.15, -0.1) is 0 Å². The first kappa shape index (κ1) is 17.9. The lowest BCUT2D eigenvalue weighted by Gasteiger charge is -2.15. The van der Waals surface area contributed by atoms with Crippen LogP contribution in [-0.4, -0.2) is 54.5 Å². The van der Waals surface area contributed by atoms with Gasteiger partial charge in [0.05, 0.1) is 20.8 Å². The summed E-state index contributed by atoms with van der Waals surface area (Å²) in [6.07, 6.45) is 1.70. The lowest BCUT2D eigenvalue weighted by atomic mass is 10.2. The topological polar surface area (TPSA) is 80.8 Å². The zero-order chi connectivity index (χ0) is 17.2. The fraction of sp³-hybridized carbons (Fsp3) is 0.286. The largest absolute Gasteiger partial charge is 0.748 e. The van der Waals surface area contributed by atoms with E-state index < -0.39 is 15.9 Å². The number of carbonyl (C=O) groups excluding carboxylic acids is 1. The van der Waals surface area contributed by atoms with Crippen LogP contribution in [0.25, 0.3) is 6.08 Å². The molecule has 0 spiro atoms. The third-order valence-electron chi connectivity index (χ3n) is 3.15. The fourth-order valence-electron chi connectivity index (χ4n) is 1.92. The Labute approximate surface area is 144 Å². The van der Waals surface area contributed by atoms with E-state index in [9.17, 15) is 17.8 Å². The average molecular weight is 371 g/mol. The van der Waals surface area contributed by atoms with Crippen molar-refractivity contribution in [3.63, 3.8) is 0 Å². The lowest BCUT2D eigenvalue weighted by Crippen LogP contribution is -2.32. The summed E-state index contributed by atoms with van der Waals surface area (Å²) in [6.45, 7) is -0.215. The minimum absolute atomic E-state index is 0.215. The summed E-state index contributed by atoms with van der Waals surface area (Å²) < 4.78 is 32.4. The zero-order valence-corrected chi connectivity index (χ0v) is 15.0. The molecule has 1 heterocycles. The number of carbonyl (C=O) groups is 1. The van der Waals surface area contributed by atoms with Crippen LogP contribution in [0.5, 0.6) is 0 Å². The second kappa shape index (κ2) is 7.00. The molecule has 9 heteroatoms. The summed E-state index contributed by atoms with van der Waals surface area (Å²) in [5.74, 6) is -1.02. The third-order valence-corrected chi connectivity index (χ3v) is 5.21. The molecule has 1 aliphatic heterocycles. The van der Waals surface area contributed by atoms with Crippen LogP contribution in [0.15, 0.2) is 29.2 Å². The first-order valence-corrected chi connectivity index (χ1v) is 9.44. The Morgan fingerprint density at radius 1 is 1.30 bits per heavy atom. The molecular weight excluding hydrogens is 356 g/mol. The van der Waals surface area contributed by atoms with Crippen molar-refractivity contribution < 1.29 is 17.8 Å². The van der Waals surface area contributed by atoms with Gasteiger partial charge < -0.3 is 9.45 Å². The fourth-order valence-corrected chi connectivity index (χ4v) is 3.63. The molecule has 0 unspecified atom stereocenters. The molecule has 23 heavy (non-hydrogen) atoms. The highest BCUT2D eigenvalue weighted by Crippen LogP contribution is 2.32. The molecule has 1 saturated heterocycles. The van der Waals surface area contributed by atoms with Gasteiger partial charge in [0.2, 0.25) is 0 Å². The number of hydrogen-bond acceptors (Lipinski definition) is 7. The van der Waals surface area contributed by atoms with Crippen molar-refractivity contribution >= 4 is 56.1 Å². The summed E-state index contributed by atoms with van der Waals surface area (Å²) in [6, 6.07) is 7.61. The normalized spacial score (nSPS) is 17.2. The van der Waals surface area contributed by atoms with Gasteiger partial charge in [-0.05, 0) is 23.8 Å². The quantitative estimate of drug-likeness (QED) is 0.441. The number of anilines is 1. The highest BCUT2D eigenvalue weighted by Gasteiger charge is 2.31. The monoisotopic (exact) mass is 371 g/mol. The minimum atomic E-state index is -4.38. The van der Waals surface area contributed by atoms with Gasteiger partial charge in [-0.2, -0.15) is 0 Å². The molecule has 1 fully saturated rings. The molecule has 1 aliphatic rings. The molecule has 2 rings (SSSR count). The van der Waals surface area contributed by atoms with Gasteiger partial charge >= 0.3 is 0 Å². The second-order valence-electron chi connectivity index (χ2n) is 5.08. The number of thioether (sulfide) groups is 1. The summed E-state index contributed by atoms with van der Waals surface area (Å²) in [4.78, 5) is 15.8. The number of thiocarbonyl (C=S) groups is 1. The Morgan fingerprint density at radius 3 is 2.43 bits per heavy atom. The summed E-state index contributed by atoms with van der Waals surface area (Å²) >= 11 is 6.18. The van der Waals surface area contributed by atoms with Crippen LogP contribution >= 0.6 is 24.0 Å². The zero-order valence-electron chi connectivity index (χ0n) is 12.6. The Balaban J connectivity index is 2.14. The lowest BCUT2D eigenvalue weighted by molar-refractivity contribution is -0.121. The van der Waals surface area contributed by atoms with E-state index in [-0.39, 0.29) is 16.8 Å². The molecule has 1 aromatic carbocycles. The molecule has 1 amide bonds. The van der Waals surface area contributed by atoms with E-state index in [1.54, 1.807) is 6.08 Å². The van der Waals surface area contributed by atoms with Gasteiger partial charge in [0.15, 0.2) is 0 Å². The minimum Gasteiger partial charge on any atom is -0.748 e. The van der Waals surface area contributed by atoms with Gasteiger partial charge in [0.1, 0.15) is 4.32 Å². The molecular formula is C14H15N2O4S3-. The van der Waals surface area contributed by atoms with E-state index in [0.717, 1.165) is 27.9 Å². The molecule has 0 saturated carbocycles. The summed E-state index contributed by atoms with van der Waals surface area (Å²) in [5, 5.41) is 0. The van der Waals surface area contributed by atoms with E-state index in [0.29, 0.717) is 4.91 Å². The Hall–Kier alpha value is -1.42. The van der Waals surface area contributed by atoms with Crippen LogP contribution in [0.2, 0.25) is 0 Å². The molecule has 0 bridgehead atoms. The number of benzene rings is 1. The van der Waals surface area contributed by atoms with Crippen LogP contribution in [0, 0.1) is 0 Å². The molecule has 1 aromatic rings. The smallest absolute Gasteiger partial charge is 0.266 e. The van der Waals surface area contributed by atoms with Gasteiger partial charge in [0.25, 0.3) is 5.91 Å². The van der Waals surface area contributed by atoms with Crippen molar-refractivity contribution in [2.75, 3.05) is 31.3 Å². The molecule has 0 radical (unpaired) electrons. The van der Waals surface area contributed by atoms with Crippen molar-refractivity contribution in [1.29, 1.82) is 0 Å². The van der Waals surface area contributed by atoms with E-state index >= 15 is 0 Å². The highest BCUT2D eigenvalue weighted by molar-refractivity contribution is 8.26. The Morgan fingerprint density at radius 2 is 1.91 bits per heavy atom. The molecule has 0 aliphatic carbocycles. The maximum absolute atomic E-state index is 12.3. The first-order valence-electron chi connectivity index (χ1n) is 6.64. The number of hydrogen-bond donors (Lipinski definition) is 0. The van der Waals surface area contributed by atoms with Gasteiger partial charge in [-0.1, -0.05) is 36.1 Å². The van der Waals surface area contributed by atoms with Crippen LogP contribution in [-0.2, 0) is 14.9 Å². The van der Waals surface area contributed by atoms with Gasteiger partial charge in [0, 0.05) is 26.3 Å². The van der Waals surface area contributed by atoms with E-state index in [4.69, 9.17) is 12.2 Å². The third kappa shape index (κ3) is 4.77. The van der Waals surface area contributed by atoms with Crippen LogP contribution in [0.3, 0.4) is 0 Å². The Bertz CT molecular complexity index is 755. The predicted molar refractivity (Wildman–Crippen MR) is 95.2 cm³/mol. The number of nitrogens with zero attached hydrogens (tertiary/aromatic N) is 2. The maximum Gasteiger partial charge on any atom is 0.266 e. The van der Waals surface area contributed by atoms with Crippen molar-refractivity contribution in [1.82, 2.24) is 4.90 Å².